The number of carbonyl (C=O) groups is 1. The average molecular weight is 412 g/mol. The number of hydrogen-bond donors (Lipinski definition) is 1. The van der Waals surface area contributed by atoms with E-state index in [0.29, 0.717) is 17.9 Å². The van der Waals surface area contributed by atoms with Gasteiger partial charge < -0.3 is 10.1 Å². The number of halogens is 2. The fourth-order valence-electron chi connectivity index (χ4n) is 2.76. The van der Waals surface area contributed by atoms with Crippen molar-refractivity contribution in [1.82, 2.24) is 0 Å². The molecular weight excluding hydrogens is 389 g/mol. The van der Waals surface area contributed by atoms with Crippen LogP contribution in [0.5, 0.6) is 5.75 Å². The van der Waals surface area contributed by atoms with E-state index in [9.17, 15) is 9.18 Å². The van der Waals surface area contributed by atoms with Crippen LogP contribution in [0.15, 0.2) is 66.7 Å². The standard InChI is InChI=1S/C24H23ClFNO2/c1-24(2,3)18-8-11-20(12-9-18)29-15-16-4-6-17(7-5-16)23(28)27-22-13-10-19(26)14-21(22)25/h4-14H,15H2,1-3H3,(H,27,28). The van der Waals surface area contributed by atoms with Crippen LogP contribution in [-0.4, -0.2) is 5.91 Å². The largest absolute Gasteiger partial charge is 0.489 e. The molecule has 0 aliphatic heterocycles. The number of amides is 1. The molecule has 0 aliphatic carbocycles. The zero-order valence-corrected chi connectivity index (χ0v) is 17.4. The molecule has 29 heavy (non-hydrogen) atoms. The number of benzene rings is 3. The molecule has 3 nitrogen and oxygen atoms in total. The zero-order chi connectivity index (χ0) is 21.0. The first-order valence-electron chi connectivity index (χ1n) is 9.31. The second-order valence-corrected chi connectivity index (χ2v) is 8.25. The van der Waals surface area contributed by atoms with Gasteiger partial charge in [-0.3, -0.25) is 4.79 Å². The van der Waals surface area contributed by atoms with E-state index < -0.39 is 5.82 Å². The quantitative estimate of drug-likeness (QED) is 0.513. The highest BCUT2D eigenvalue weighted by Gasteiger charge is 2.13. The van der Waals surface area contributed by atoms with Gasteiger partial charge in [-0.05, 0) is 59.0 Å². The minimum Gasteiger partial charge on any atom is -0.489 e. The average Bonchev–Trinajstić information content (AvgIpc) is 2.68. The highest BCUT2D eigenvalue weighted by atomic mass is 35.5. The van der Waals surface area contributed by atoms with Gasteiger partial charge in [0.1, 0.15) is 18.2 Å². The minimum absolute atomic E-state index is 0.104. The van der Waals surface area contributed by atoms with E-state index in [0.717, 1.165) is 17.4 Å². The fraction of sp³-hybridized carbons (Fsp3) is 0.208. The second kappa shape index (κ2) is 8.66. The molecule has 0 unspecified atom stereocenters. The Hall–Kier alpha value is -2.85. The van der Waals surface area contributed by atoms with E-state index in [2.05, 4.69) is 38.2 Å². The number of ether oxygens (including phenoxy) is 1. The monoisotopic (exact) mass is 411 g/mol. The van der Waals surface area contributed by atoms with Crippen molar-refractivity contribution in [3.8, 4) is 5.75 Å². The second-order valence-electron chi connectivity index (χ2n) is 7.84. The molecule has 0 spiro atoms. The Morgan fingerprint density at radius 1 is 1.00 bits per heavy atom. The number of carbonyl (C=O) groups excluding carboxylic acids is 1. The van der Waals surface area contributed by atoms with Crippen LogP contribution in [-0.2, 0) is 12.0 Å². The van der Waals surface area contributed by atoms with Crippen molar-refractivity contribution >= 4 is 23.2 Å². The molecule has 1 amide bonds. The van der Waals surface area contributed by atoms with Crippen LogP contribution >= 0.6 is 11.6 Å². The van der Waals surface area contributed by atoms with Crippen LogP contribution in [0.25, 0.3) is 0 Å². The molecule has 0 radical (unpaired) electrons. The molecular formula is C24H23ClFNO2. The Labute approximate surface area is 175 Å². The van der Waals surface area contributed by atoms with Gasteiger partial charge in [0.05, 0.1) is 10.7 Å². The summed E-state index contributed by atoms with van der Waals surface area (Å²) >= 11 is 5.95. The van der Waals surface area contributed by atoms with Crippen molar-refractivity contribution in [2.45, 2.75) is 32.8 Å². The van der Waals surface area contributed by atoms with Crippen LogP contribution in [0.3, 0.4) is 0 Å². The Kier molecular flexibility index (Phi) is 6.23. The van der Waals surface area contributed by atoms with Gasteiger partial charge in [-0.1, -0.05) is 56.6 Å². The first-order chi connectivity index (χ1) is 13.7. The van der Waals surface area contributed by atoms with Gasteiger partial charge in [-0.2, -0.15) is 0 Å². The Morgan fingerprint density at radius 2 is 1.66 bits per heavy atom. The maximum absolute atomic E-state index is 13.1. The molecule has 150 valence electrons. The van der Waals surface area contributed by atoms with Crippen molar-refractivity contribution in [3.63, 3.8) is 0 Å². The third-order valence-electron chi connectivity index (χ3n) is 4.52. The van der Waals surface area contributed by atoms with Gasteiger partial charge in [-0.15, -0.1) is 0 Å². The topological polar surface area (TPSA) is 38.3 Å². The molecule has 0 aliphatic rings. The third kappa shape index (κ3) is 5.58. The summed E-state index contributed by atoms with van der Waals surface area (Å²) in [7, 11) is 0. The Morgan fingerprint density at radius 3 is 2.24 bits per heavy atom. The smallest absolute Gasteiger partial charge is 0.255 e. The summed E-state index contributed by atoms with van der Waals surface area (Å²) in [6.45, 7) is 6.92. The van der Waals surface area contributed by atoms with Crippen molar-refractivity contribution in [3.05, 3.63) is 94.3 Å². The molecule has 0 heterocycles. The van der Waals surface area contributed by atoms with Gasteiger partial charge in [0, 0.05) is 5.56 Å². The van der Waals surface area contributed by atoms with Crippen LogP contribution in [0.4, 0.5) is 10.1 Å². The highest BCUT2D eigenvalue weighted by Crippen LogP contribution is 2.25. The molecule has 0 saturated carbocycles. The lowest BCUT2D eigenvalue weighted by Crippen LogP contribution is -2.12. The lowest BCUT2D eigenvalue weighted by atomic mass is 9.87. The van der Waals surface area contributed by atoms with E-state index in [1.165, 1.54) is 17.7 Å². The highest BCUT2D eigenvalue weighted by molar-refractivity contribution is 6.33. The van der Waals surface area contributed by atoms with E-state index >= 15 is 0 Å². The lowest BCUT2D eigenvalue weighted by Gasteiger charge is -2.19. The maximum Gasteiger partial charge on any atom is 0.255 e. The van der Waals surface area contributed by atoms with Gasteiger partial charge in [0.25, 0.3) is 5.91 Å². The molecule has 1 N–H and O–H groups in total. The van der Waals surface area contributed by atoms with Crippen LogP contribution in [0, 0.1) is 5.82 Å². The summed E-state index contributed by atoms with van der Waals surface area (Å²) in [5, 5.41) is 2.83. The summed E-state index contributed by atoms with van der Waals surface area (Å²) in [4.78, 5) is 12.4. The molecule has 3 aromatic rings. The summed E-state index contributed by atoms with van der Waals surface area (Å²) in [6.07, 6.45) is 0. The predicted octanol–water partition coefficient (Wildman–Crippen LogP) is 6.61. The first-order valence-corrected chi connectivity index (χ1v) is 9.69. The fourth-order valence-corrected chi connectivity index (χ4v) is 2.97. The van der Waals surface area contributed by atoms with E-state index in [1.54, 1.807) is 12.1 Å². The summed E-state index contributed by atoms with van der Waals surface area (Å²) in [5.41, 5.74) is 3.14. The molecule has 3 rings (SSSR count). The van der Waals surface area contributed by atoms with E-state index in [1.807, 2.05) is 24.3 Å². The van der Waals surface area contributed by atoms with Gasteiger partial charge in [-0.25, -0.2) is 4.39 Å². The summed E-state index contributed by atoms with van der Waals surface area (Å²) < 4.78 is 18.9. The van der Waals surface area contributed by atoms with Crippen molar-refractivity contribution in [2.24, 2.45) is 0 Å². The molecule has 0 atom stereocenters. The third-order valence-corrected chi connectivity index (χ3v) is 4.83. The van der Waals surface area contributed by atoms with Gasteiger partial charge >= 0.3 is 0 Å². The maximum atomic E-state index is 13.1. The summed E-state index contributed by atoms with van der Waals surface area (Å²) in [6, 6.07) is 19.0. The normalized spacial score (nSPS) is 11.2. The number of nitrogens with one attached hydrogen (secondary N) is 1. The molecule has 0 bridgehead atoms. The van der Waals surface area contributed by atoms with Crippen molar-refractivity contribution in [2.75, 3.05) is 5.32 Å². The van der Waals surface area contributed by atoms with E-state index in [-0.39, 0.29) is 16.3 Å². The Balaban J connectivity index is 1.59. The lowest BCUT2D eigenvalue weighted by molar-refractivity contribution is 0.102. The predicted molar refractivity (Wildman–Crippen MR) is 115 cm³/mol. The van der Waals surface area contributed by atoms with Gasteiger partial charge in [0.15, 0.2) is 0 Å². The molecule has 0 aromatic heterocycles. The van der Waals surface area contributed by atoms with Crippen LogP contribution in [0.2, 0.25) is 5.02 Å². The Bertz CT molecular complexity index is 993. The van der Waals surface area contributed by atoms with Crippen molar-refractivity contribution in [1.29, 1.82) is 0 Å². The van der Waals surface area contributed by atoms with E-state index in [4.69, 9.17) is 16.3 Å². The minimum atomic E-state index is -0.453. The number of rotatable bonds is 5. The summed E-state index contributed by atoms with van der Waals surface area (Å²) in [5.74, 6) is 0.0277. The molecule has 0 fully saturated rings. The van der Waals surface area contributed by atoms with Crippen LogP contribution in [0.1, 0.15) is 42.3 Å². The van der Waals surface area contributed by atoms with Crippen molar-refractivity contribution < 1.29 is 13.9 Å². The SMILES string of the molecule is CC(C)(C)c1ccc(OCc2ccc(C(=O)Nc3ccc(F)cc3Cl)cc2)cc1. The van der Waals surface area contributed by atoms with Gasteiger partial charge in [0.2, 0.25) is 0 Å². The molecule has 3 aromatic carbocycles. The first kappa shape index (κ1) is 20.9. The molecule has 0 saturated heterocycles. The zero-order valence-electron chi connectivity index (χ0n) is 16.6. The number of anilines is 1. The van der Waals surface area contributed by atoms with Crippen LogP contribution < -0.4 is 10.1 Å². The number of hydrogen-bond acceptors (Lipinski definition) is 2. The molecule has 5 heteroatoms.